The minimum Gasteiger partial charge on any atom is -0.340 e. The van der Waals surface area contributed by atoms with E-state index in [0.29, 0.717) is 17.2 Å². The normalized spacial score (nSPS) is 10.1. The van der Waals surface area contributed by atoms with Crippen molar-refractivity contribution in [3.63, 3.8) is 0 Å². The van der Waals surface area contributed by atoms with Gasteiger partial charge in [0.1, 0.15) is 11.6 Å². The lowest BCUT2D eigenvalue weighted by molar-refractivity contribution is -0.114. The molecule has 3 rings (SSSR count). The van der Waals surface area contributed by atoms with Crippen LogP contribution in [-0.4, -0.2) is 16.8 Å². The molecule has 0 bridgehead atoms. The van der Waals surface area contributed by atoms with E-state index in [9.17, 15) is 14.0 Å². The topological polar surface area (TPSA) is 83.1 Å². The highest BCUT2D eigenvalue weighted by molar-refractivity contribution is 6.04. The van der Waals surface area contributed by atoms with E-state index in [1.165, 1.54) is 37.4 Å². The summed E-state index contributed by atoms with van der Waals surface area (Å²) in [5, 5.41) is 8.48. The van der Waals surface area contributed by atoms with Gasteiger partial charge in [0.2, 0.25) is 5.91 Å². The summed E-state index contributed by atoms with van der Waals surface area (Å²) >= 11 is 0. The van der Waals surface area contributed by atoms with Gasteiger partial charge in [0.25, 0.3) is 5.91 Å². The lowest BCUT2D eigenvalue weighted by atomic mass is 10.2. The zero-order valence-electron chi connectivity index (χ0n) is 14.5. The first-order valence-corrected chi connectivity index (χ1v) is 8.17. The van der Waals surface area contributed by atoms with Crippen LogP contribution < -0.4 is 16.0 Å². The molecule has 0 unspecified atom stereocenters. The molecule has 3 aromatic rings. The molecule has 0 spiro atoms. The second-order valence-corrected chi connectivity index (χ2v) is 5.78. The van der Waals surface area contributed by atoms with Gasteiger partial charge in [0, 0.05) is 23.9 Å². The first-order valence-electron chi connectivity index (χ1n) is 8.17. The summed E-state index contributed by atoms with van der Waals surface area (Å²) < 4.78 is 13.2. The SMILES string of the molecule is CC(=O)Nc1cccc(Nc2ccc(NC(=O)c3cccc(F)c3)cn2)c1. The number of nitrogens with one attached hydrogen (secondary N) is 3. The number of benzene rings is 2. The van der Waals surface area contributed by atoms with Gasteiger partial charge in [-0.15, -0.1) is 0 Å². The molecule has 7 heteroatoms. The maximum Gasteiger partial charge on any atom is 0.255 e. The Balaban J connectivity index is 1.65. The van der Waals surface area contributed by atoms with Gasteiger partial charge in [-0.05, 0) is 48.5 Å². The summed E-state index contributed by atoms with van der Waals surface area (Å²) in [5.41, 5.74) is 2.14. The molecule has 1 aromatic heterocycles. The van der Waals surface area contributed by atoms with Crippen LogP contribution in [0.1, 0.15) is 17.3 Å². The Bertz CT molecular complexity index is 974. The molecule has 3 N–H and O–H groups in total. The summed E-state index contributed by atoms with van der Waals surface area (Å²) in [6, 6.07) is 16.0. The number of aromatic nitrogens is 1. The highest BCUT2D eigenvalue weighted by atomic mass is 19.1. The Labute approximate surface area is 155 Å². The Hall–Kier alpha value is -3.74. The van der Waals surface area contributed by atoms with E-state index >= 15 is 0 Å². The van der Waals surface area contributed by atoms with Crippen LogP contribution in [0.15, 0.2) is 66.9 Å². The van der Waals surface area contributed by atoms with Crippen molar-refractivity contribution in [3.05, 3.63) is 78.2 Å². The molecule has 0 saturated heterocycles. The highest BCUT2D eigenvalue weighted by Crippen LogP contribution is 2.20. The van der Waals surface area contributed by atoms with Gasteiger partial charge in [-0.3, -0.25) is 9.59 Å². The molecule has 136 valence electrons. The number of hydrogen-bond donors (Lipinski definition) is 3. The maximum absolute atomic E-state index is 13.2. The summed E-state index contributed by atoms with van der Waals surface area (Å²) in [4.78, 5) is 27.5. The van der Waals surface area contributed by atoms with Crippen LogP contribution in [0.2, 0.25) is 0 Å². The zero-order chi connectivity index (χ0) is 19.2. The summed E-state index contributed by atoms with van der Waals surface area (Å²) in [6.07, 6.45) is 1.50. The summed E-state index contributed by atoms with van der Waals surface area (Å²) in [5.74, 6) is -0.468. The Morgan fingerprint density at radius 3 is 2.37 bits per heavy atom. The van der Waals surface area contributed by atoms with Gasteiger partial charge < -0.3 is 16.0 Å². The molecule has 0 saturated carbocycles. The van der Waals surface area contributed by atoms with Crippen LogP contribution >= 0.6 is 0 Å². The van der Waals surface area contributed by atoms with Gasteiger partial charge in [-0.25, -0.2) is 9.37 Å². The van der Waals surface area contributed by atoms with E-state index in [2.05, 4.69) is 20.9 Å². The quantitative estimate of drug-likeness (QED) is 0.634. The smallest absolute Gasteiger partial charge is 0.255 e. The average Bonchev–Trinajstić information content (AvgIpc) is 2.63. The Morgan fingerprint density at radius 2 is 1.67 bits per heavy atom. The van der Waals surface area contributed by atoms with Gasteiger partial charge in [-0.1, -0.05) is 12.1 Å². The average molecular weight is 364 g/mol. The molecule has 0 aliphatic carbocycles. The lowest BCUT2D eigenvalue weighted by Crippen LogP contribution is -2.12. The standard InChI is InChI=1S/C20H17FN4O2/c1-13(26)23-16-6-3-7-17(11-16)24-19-9-8-18(12-22-19)25-20(27)14-4-2-5-15(21)10-14/h2-12H,1H3,(H,22,24)(H,23,26)(H,25,27). The summed E-state index contributed by atoms with van der Waals surface area (Å²) in [7, 11) is 0. The molecule has 0 radical (unpaired) electrons. The molecular formula is C20H17FN4O2. The largest absolute Gasteiger partial charge is 0.340 e. The number of halogens is 1. The predicted molar refractivity (Wildman–Crippen MR) is 103 cm³/mol. The molecule has 0 fully saturated rings. The van der Waals surface area contributed by atoms with Crippen molar-refractivity contribution in [1.29, 1.82) is 0 Å². The van der Waals surface area contributed by atoms with Gasteiger partial charge >= 0.3 is 0 Å². The van der Waals surface area contributed by atoms with Gasteiger partial charge in [-0.2, -0.15) is 0 Å². The zero-order valence-corrected chi connectivity index (χ0v) is 14.5. The number of anilines is 4. The molecular weight excluding hydrogens is 347 g/mol. The maximum atomic E-state index is 13.2. The number of amides is 2. The second-order valence-electron chi connectivity index (χ2n) is 5.78. The number of hydrogen-bond acceptors (Lipinski definition) is 4. The molecule has 1 heterocycles. The van der Waals surface area contributed by atoms with Crippen molar-refractivity contribution >= 4 is 34.7 Å². The first-order chi connectivity index (χ1) is 13.0. The van der Waals surface area contributed by atoms with Crippen molar-refractivity contribution in [2.45, 2.75) is 6.92 Å². The minimum atomic E-state index is -0.471. The number of carbonyl (C=O) groups is 2. The van der Waals surface area contributed by atoms with Crippen molar-refractivity contribution in [1.82, 2.24) is 4.98 Å². The summed E-state index contributed by atoms with van der Waals surface area (Å²) in [6.45, 7) is 1.44. The lowest BCUT2D eigenvalue weighted by Gasteiger charge is -2.09. The Morgan fingerprint density at radius 1 is 0.889 bits per heavy atom. The van der Waals surface area contributed by atoms with E-state index < -0.39 is 11.7 Å². The number of nitrogens with zero attached hydrogens (tertiary/aromatic N) is 1. The molecule has 27 heavy (non-hydrogen) atoms. The fraction of sp³-hybridized carbons (Fsp3) is 0.0500. The first kappa shape index (κ1) is 18.1. The molecule has 2 amide bonds. The van der Waals surface area contributed by atoms with Crippen molar-refractivity contribution in [3.8, 4) is 0 Å². The van der Waals surface area contributed by atoms with E-state index in [1.54, 1.807) is 30.3 Å². The second kappa shape index (κ2) is 8.09. The van der Waals surface area contributed by atoms with Crippen molar-refractivity contribution in [2.24, 2.45) is 0 Å². The molecule has 6 nitrogen and oxygen atoms in total. The van der Waals surface area contributed by atoms with Crippen molar-refractivity contribution in [2.75, 3.05) is 16.0 Å². The third kappa shape index (κ3) is 5.12. The molecule has 0 atom stereocenters. The van der Waals surface area contributed by atoms with Crippen LogP contribution in [0.25, 0.3) is 0 Å². The van der Waals surface area contributed by atoms with E-state index in [1.807, 2.05) is 6.07 Å². The Kier molecular flexibility index (Phi) is 5.41. The minimum absolute atomic E-state index is 0.149. The van der Waals surface area contributed by atoms with Crippen LogP contribution in [0.5, 0.6) is 0 Å². The number of rotatable bonds is 5. The van der Waals surface area contributed by atoms with Crippen LogP contribution in [0.4, 0.5) is 27.3 Å². The van der Waals surface area contributed by atoms with Crippen LogP contribution in [0.3, 0.4) is 0 Å². The third-order valence-electron chi connectivity index (χ3n) is 3.56. The fourth-order valence-electron chi connectivity index (χ4n) is 2.40. The van der Waals surface area contributed by atoms with Gasteiger partial charge in [0.15, 0.2) is 0 Å². The number of pyridine rings is 1. The number of carbonyl (C=O) groups excluding carboxylic acids is 2. The fourth-order valence-corrected chi connectivity index (χ4v) is 2.40. The highest BCUT2D eigenvalue weighted by Gasteiger charge is 2.07. The molecule has 0 aliphatic rings. The van der Waals surface area contributed by atoms with E-state index in [0.717, 1.165) is 5.69 Å². The molecule has 0 aliphatic heterocycles. The van der Waals surface area contributed by atoms with E-state index in [4.69, 9.17) is 0 Å². The molecule has 2 aromatic carbocycles. The van der Waals surface area contributed by atoms with E-state index in [-0.39, 0.29) is 11.5 Å². The third-order valence-corrected chi connectivity index (χ3v) is 3.56. The monoisotopic (exact) mass is 364 g/mol. The van der Waals surface area contributed by atoms with Gasteiger partial charge in [0.05, 0.1) is 11.9 Å². The van der Waals surface area contributed by atoms with Crippen molar-refractivity contribution < 1.29 is 14.0 Å². The van der Waals surface area contributed by atoms with Crippen LogP contribution in [-0.2, 0) is 4.79 Å². The predicted octanol–water partition coefficient (Wildman–Crippen LogP) is 4.18. The van der Waals surface area contributed by atoms with Crippen LogP contribution in [0, 0.1) is 5.82 Å².